The van der Waals surface area contributed by atoms with Crippen LogP contribution in [0.4, 0.5) is 11.4 Å². The summed E-state index contributed by atoms with van der Waals surface area (Å²) in [6.45, 7) is 6.60. The number of hydrogen-bond acceptors (Lipinski definition) is 4. The summed E-state index contributed by atoms with van der Waals surface area (Å²) in [7, 11) is 0. The lowest BCUT2D eigenvalue weighted by atomic mass is 10.0. The molecule has 0 fully saturated rings. The molecule has 0 saturated heterocycles. The molecule has 9 aromatic rings. The highest BCUT2D eigenvalue weighted by atomic mass is 16.3. The molecule has 0 atom stereocenters. The molecular weight excluding hydrogens is 601 g/mol. The molecule has 6 aromatic carbocycles. The molecule has 49 heavy (non-hydrogen) atoms. The van der Waals surface area contributed by atoms with Gasteiger partial charge in [0.25, 0.3) is 0 Å². The van der Waals surface area contributed by atoms with E-state index in [1.807, 2.05) is 18.2 Å². The minimum atomic E-state index is 0.249. The van der Waals surface area contributed by atoms with Gasteiger partial charge in [-0.1, -0.05) is 97.1 Å². The van der Waals surface area contributed by atoms with Crippen molar-refractivity contribution in [3.05, 3.63) is 151 Å². The zero-order chi connectivity index (χ0) is 33.1. The summed E-state index contributed by atoms with van der Waals surface area (Å²) in [5, 5.41) is 4.42. The zero-order valence-electron chi connectivity index (χ0n) is 27.6. The number of furan rings is 1. The van der Waals surface area contributed by atoms with Crippen molar-refractivity contribution >= 4 is 55.2 Å². The van der Waals surface area contributed by atoms with Crippen LogP contribution in [0.15, 0.2) is 150 Å². The fourth-order valence-corrected chi connectivity index (χ4v) is 7.24. The molecule has 9 rings (SSSR count). The predicted molar refractivity (Wildman–Crippen MR) is 203 cm³/mol. The van der Waals surface area contributed by atoms with Gasteiger partial charge in [0, 0.05) is 50.4 Å². The lowest BCUT2D eigenvalue weighted by molar-refractivity contribution is 0.653. The van der Waals surface area contributed by atoms with Gasteiger partial charge in [-0.15, -0.1) is 0 Å². The summed E-state index contributed by atoms with van der Waals surface area (Å²) >= 11 is 0. The third kappa shape index (κ3) is 4.77. The molecule has 0 aliphatic rings. The summed E-state index contributed by atoms with van der Waals surface area (Å²) in [5.41, 5.74) is 11.1. The summed E-state index contributed by atoms with van der Waals surface area (Å²) in [4.78, 5) is 12.7. The number of nitrogens with zero attached hydrogens (tertiary/aromatic N) is 4. The maximum atomic E-state index is 6.40. The van der Waals surface area contributed by atoms with E-state index in [1.54, 1.807) is 0 Å². The van der Waals surface area contributed by atoms with Gasteiger partial charge >= 0.3 is 0 Å². The predicted octanol–water partition coefficient (Wildman–Crippen LogP) is 11.7. The molecule has 0 spiro atoms. The Morgan fingerprint density at radius 1 is 0.612 bits per heavy atom. The van der Waals surface area contributed by atoms with Crippen LogP contribution in [0.1, 0.15) is 19.4 Å². The molecule has 0 radical (unpaired) electrons. The second-order valence-electron chi connectivity index (χ2n) is 12.9. The van der Waals surface area contributed by atoms with Crippen molar-refractivity contribution in [2.75, 3.05) is 4.90 Å². The highest BCUT2D eigenvalue weighted by Gasteiger charge is 2.21. The zero-order valence-corrected chi connectivity index (χ0v) is 27.6. The Hall–Kier alpha value is -6.20. The maximum absolute atomic E-state index is 6.40. The van der Waals surface area contributed by atoms with Crippen LogP contribution in [-0.2, 0) is 0 Å². The molecule has 3 heterocycles. The average molecular weight is 635 g/mol. The first-order chi connectivity index (χ1) is 24.0. The maximum Gasteiger partial charge on any atom is 0.231 e. The molecule has 5 nitrogen and oxygen atoms in total. The van der Waals surface area contributed by atoms with Crippen LogP contribution in [0.3, 0.4) is 0 Å². The van der Waals surface area contributed by atoms with Crippen molar-refractivity contribution in [3.63, 3.8) is 0 Å². The van der Waals surface area contributed by atoms with E-state index in [0.29, 0.717) is 11.5 Å². The first-order valence-corrected chi connectivity index (χ1v) is 16.8. The molecule has 0 aliphatic carbocycles. The molecule has 236 valence electrons. The number of anilines is 2. The van der Waals surface area contributed by atoms with Crippen LogP contribution in [0, 0.1) is 6.92 Å². The van der Waals surface area contributed by atoms with E-state index in [-0.39, 0.29) is 6.04 Å². The molecule has 0 bridgehead atoms. The minimum absolute atomic E-state index is 0.249. The topological polar surface area (TPSA) is 47.1 Å². The Labute approximate surface area is 284 Å². The highest BCUT2D eigenvalue weighted by molar-refractivity contribution is 6.11. The standard InChI is InChI=1S/C44H34N4O/c1-28(2)47(32-13-5-4-6-14-32)39-27-31(22-21-29(39)3)43-45-42(41-36-17-9-12-20-40(36)49-44(41)46-43)30-23-25-33(26-24-30)48-37-18-10-7-15-34(37)35-16-8-11-19-38(35)48/h4-28H,1-3H3. The van der Waals surface area contributed by atoms with Crippen molar-refractivity contribution in [1.29, 1.82) is 0 Å². The van der Waals surface area contributed by atoms with Crippen molar-refractivity contribution in [1.82, 2.24) is 14.5 Å². The largest absolute Gasteiger partial charge is 0.438 e. The van der Waals surface area contributed by atoms with Crippen molar-refractivity contribution in [3.8, 4) is 28.3 Å². The first-order valence-electron chi connectivity index (χ1n) is 16.8. The third-order valence-corrected chi connectivity index (χ3v) is 9.50. The van der Waals surface area contributed by atoms with E-state index in [2.05, 4.69) is 158 Å². The molecule has 0 N–H and O–H groups in total. The number of benzene rings is 6. The van der Waals surface area contributed by atoms with Gasteiger partial charge in [-0.25, -0.2) is 4.98 Å². The van der Waals surface area contributed by atoms with Crippen LogP contribution >= 0.6 is 0 Å². The lowest BCUT2D eigenvalue weighted by Crippen LogP contribution is -2.26. The Morgan fingerprint density at radius 3 is 1.92 bits per heavy atom. The summed E-state index contributed by atoms with van der Waals surface area (Å²) in [6, 6.07) is 51.3. The first kappa shape index (κ1) is 29.0. The number of aromatic nitrogens is 3. The van der Waals surface area contributed by atoms with Crippen molar-refractivity contribution in [2.24, 2.45) is 0 Å². The number of para-hydroxylation sites is 4. The molecular formula is C44H34N4O. The monoisotopic (exact) mass is 634 g/mol. The molecule has 0 amide bonds. The summed E-state index contributed by atoms with van der Waals surface area (Å²) in [5.74, 6) is 0.631. The van der Waals surface area contributed by atoms with Crippen LogP contribution in [0.2, 0.25) is 0 Å². The number of hydrogen-bond donors (Lipinski definition) is 0. The second-order valence-corrected chi connectivity index (χ2v) is 12.9. The van der Waals surface area contributed by atoms with Crippen molar-refractivity contribution in [2.45, 2.75) is 26.8 Å². The van der Waals surface area contributed by atoms with Gasteiger partial charge < -0.3 is 13.9 Å². The fraction of sp³-hybridized carbons (Fsp3) is 0.0909. The van der Waals surface area contributed by atoms with E-state index >= 15 is 0 Å². The van der Waals surface area contributed by atoms with E-state index in [0.717, 1.165) is 50.2 Å². The number of rotatable bonds is 6. The minimum Gasteiger partial charge on any atom is -0.438 e. The smallest absolute Gasteiger partial charge is 0.231 e. The van der Waals surface area contributed by atoms with Crippen molar-refractivity contribution < 1.29 is 4.42 Å². The quantitative estimate of drug-likeness (QED) is 0.183. The van der Waals surface area contributed by atoms with Gasteiger partial charge in [0.2, 0.25) is 5.71 Å². The highest BCUT2D eigenvalue weighted by Crippen LogP contribution is 2.39. The van der Waals surface area contributed by atoms with Crippen LogP contribution < -0.4 is 4.90 Å². The normalized spacial score (nSPS) is 11.8. The van der Waals surface area contributed by atoms with Gasteiger partial charge in [-0.2, -0.15) is 4.98 Å². The summed E-state index contributed by atoms with van der Waals surface area (Å²) < 4.78 is 8.74. The van der Waals surface area contributed by atoms with Gasteiger partial charge in [0.15, 0.2) is 5.82 Å². The van der Waals surface area contributed by atoms with Gasteiger partial charge in [0.1, 0.15) is 5.58 Å². The molecule has 0 unspecified atom stereocenters. The van der Waals surface area contributed by atoms with Crippen LogP contribution in [-0.4, -0.2) is 20.6 Å². The molecule has 5 heteroatoms. The Bertz CT molecular complexity index is 2600. The Kier molecular flexibility index (Phi) is 6.80. The molecule has 0 aliphatic heterocycles. The molecule has 0 saturated carbocycles. The van der Waals surface area contributed by atoms with Crippen LogP contribution in [0.5, 0.6) is 0 Å². The number of aryl methyl sites for hydroxylation is 1. The van der Waals surface area contributed by atoms with Gasteiger partial charge in [0.05, 0.1) is 22.1 Å². The van der Waals surface area contributed by atoms with Crippen LogP contribution in [0.25, 0.3) is 72.2 Å². The third-order valence-electron chi connectivity index (χ3n) is 9.50. The van der Waals surface area contributed by atoms with E-state index in [1.165, 1.54) is 27.4 Å². The number of fused-ring (bicyclic) bond motifs is 6. The SMILES string of the molecule is Cc1ccc(-c2nc(-c3ccc(-n4c5ccccc5c5ccccc54)cc3)c3c(n2)oc2ccccc23)cc1N(c1ccccc1)C(C)C. The Morgan fingerprint density at radius 2 is 1.22 bits per heavy atom. The average Bonchev–Trinajstić information content (AvgIpc) is 3.68. The van der Waals surface area contributed by atoms with E-state index in [4.69, 9.17) is 14.4 Å². The molecule has 3 aromatic heterocycles. The Balaban J connectivity index is 1.22. The fourth-order valence-electron chi connectivity index (χ4n) is 7.24. The summed E-state index contributed by atoms with van der Waals surface area (Å²) in [6.07, 6.45) is 0. The van der Waals surface area contributed by atoms with Gasteiger partial charge in [-0.3, -0.25) is 0 Å². The second kappa shape index (κ2) is 11.5. The lowest BCUT2D eigenvalue weighted by Gasteiger charge is -2.31. The van der Waals surface area contributed by atoms with Gasteiger partial charge in [-0.05, 0) is 74.9 Å². The van der Waals surface area contributed by atoms with E-state index < -0.39 is 0 Å². The van der Waals surface area contributed by atoms with E-state index in [9.17, 15) is 0 Å².